The molecule has 1 aliphatic carbocycles. The monoisotopic (exact) mass is 507 g/mol. The molecule has 1 atom stereocenters. The van der Waals surface area contributed by atoms with Gasteiger partial charge in [-0.05, 0) is 61.9 Å². The Labute approximate surface area is 215 Å². The van der Waals surface area contributed by atoms with E-state index in [0.29, 0.717) is 36.6 Å². The molecular formula is C28H31F2N5O2. The molecule has 2 N–H and O–H groups in total. The lowest BCUT2D eigenvalue weighted by Crippen LogP contribution is -2.43. The molecular weight excluding hydrogens is 476 g/mol. The molecule has 0 saturated carbocycles. The zero-order valence-electron chi connectivity index (χ0n) is 21.3. The summed E-state index contributed by atoms with van der Waals surface area (Å²) in [5, 5.41) is 5.58. The Balaban J connectivity index is 1.39. The SMILES string of the molecule is CNC(=O)NC1CCc2cc(Cc3ncc(F)c(-c4cc(F)c5c(c4)N(C(C)C)CCO5)n3)ccc2C1. The highest BCUT2D eigenvalue weighted by molar-refractivity contribution is 5.74. The number of fused-ring (bicyclic) bond motifs is 2. The van der Waals surface area contributed by atoms with Crippen molar-refractivity contribution in [3.8, 4) is 17.0 Å². The maximum Gasteiger partial charge on any atom is 0.314 e. The molecule has 2 aliphatic rings. The van der Waals surface area contributed by atoms with Crippen LogP contribution in [0.15, 0.2) is 36.5 Å². The van der Waals surface area contributed by atoms with E-state index < -0.39 is 11.6 Å². The number of benzene rings is 2. The predicted octanol–water partition coefficient (Wildman–Crippen LogP) is 4.41. The van der Waals surface area contributed by atoms with E-state index in [1.165, 1.54) is 17.2 Å². The molecule has 37 heavy (non-hydrogen) atoms. The molecule has 0 saturated heterocycles. The number of nitrogens with zero attached hydrogens (tertiary/aromatic N) is 3. The van der Waals surface area contributed by atoms with Crippen molar-refractivity contribution in [3.63, 3.8) is 0 Å². The van der Waals surface area contributed by atoms with Crippen LogP contribution in [0.5, 0.6) is 5.75 Å². The Bertz CT molecular complexity index is 1330. The molecule has 1 unspecified atom stereocenters. The van der Waals surface area contributed by atoms with Crippen LogP contribution in [0.2, 0.25) is 0 Å². The third kappa shape index (κ3) is 5.21. The second-order valence-electron chi connectivity index (χ2n) is 9.87. The van der Waals surface area contributed by atoms with Gasteiger partial charge in [0.1, 0.15) is 18.1 Å². The largest absolute Gasteiger partial charge is 0.486 e. The van der Waals surface area contributed by atoms with Crippen molar-refractivity contribution in [2.24, 2.45) is 0 Å². The second-order valence-corrected chi connectivity index (χ2v) is 9.87. The van der Waals surface area contributed by atoms with Crippen molar-refractivity contribution in [2.45, 2.75) is 51.6 Å². The van der Waals surface area contributed by atoms with Crippen LogP contribution in [0.1, 0.15) is 42.8 Å². The number of carbonyl (C=O) groups excluding carboxylic acids is 1. The van der Waals surface area contributed by atoms with Gasteiger partial charge >= 0.3 is 6.03 Å². The number of hydrogen-bond acceptors (Lipinski definition) is 5. The topological polar surface area (TPSA) is 79.4 Å². The summed E-state index contributed by atoms with van der Waals surface area (Å²) in [6, 6.07) is 9.33. The summed E-state index contributed by atoms with van der Waals surface area (Å²) in [6.45, 7) is 5.09. The third-order valence-corrected chi connectivity index (χ3v) is 7.03. The summed E-state index contributed by atoms with van der Waals surface area (Å²) in [6.07, 6.45) is 4.08. The molecule has 0 spiro atoms. The summed E-state index contributed by atoms with van der Waals surface area (Å²) >= 11 is 0. The second kappa shape index (κ2) is 10.3. The number of halogens is 2. The number of nitrogens with one attached hydrogen (secondary N) is 2. The molecule has 0 fully saturated rings. The van der Waals surface area contributed by atoms with Crippen LogP contribution in [-0.4, -0.2) is 48.3 Å². The highest BCUT2D eigenvalue weighted by Gasteiger charge is 2.26. The number of amides is 2. The van der Waals surface area contributed by atoms with Crippen LogP contribution in [0.4, 0.5) is 19.3 Å². The fourth-order valence-corrected chi connectivity index (χ4v) is 5.15. The summed E-state index contributed by atoms with van der Waals surface area (Å²) in [5.41, 5.74) is 4.49. The van der Waals surface area contributed by atoms with Crippen molar-refractivity contribution >= 4 is 11.7 Å². The number of ether oxygens (including phenoxy) is 1. The van der Waals surface area contributed by atoms with Crippen LogP contribution in [0.25, 0.3) is 11.3 Å². The van der Waals surface area contributed by atoms with E-state index in [-0.39, 0.29) is 29.6 Å². The Morgan fingerprint density at radius 3 is 2.81 bits per heavy atom. The first kappa shape index (κ1) is 24.9. The van der Waals surface area contributed by atoms with Crippen LogP contribution in [0, 0.1) is 11.6 Å². The van der Waals surface area contributed by atoms with Gasteiger partial charge in [0.2, 0.25) is 0 Å². The summed E-state index contributed by atoms with van der Waals surface area (Å²) in [4.78, 5) is 22.4. The molecule has 1 aliphatic heterocycles. The zero-order chi connectivity index (χ0) is 26.1. The zero-order valence-corrected chi connectivity index (χ0v) is 21.3. The molecule has 1 aromatic heterocycles. The smallest absolute Gasteiger partial charge is 0.314 e. The van der Waals surface area contributed by atoms with Crippen molar-refractivity contribution in [3.05, 3.63) is 70.7 Å². The van der Waals surface area contributed by atoms with E-state index in [4.69, 9.17) is 4.74 Å². The highest BCUT2D eigenvalue weighted by atomic mass is 19.1. The standard InChI is InChI=1S/C28H31F2N5O2/c1-16(2)35-8-9-37-27-22(29)13-20(14-24(27)35)26-23(30)15-32-25(34-26)11-17-4-5-19-12-21(33-28(36)31-3)7-6-18(19)10-17/h4-5,10,13-16,21H,6-9,11-12H2,1-3H3,(H2,31,33,36). The molecule has 2 heterocycles. The van der Waals surface area contributed by atoms with Gasteiger partial charge < -0.3 is 20.3 Å². The van der Waals surface area contributed by atoms with E-state index >= 15 is 0 Å². The van der Waals surface area contributed by atoms with Gasteiger partial charge in [0.05, 0.1) is 18.4 Å². The van der Waals surface area contributed by atoms with Crippen molar-refractivity contribution in [1.82, 2.24) is 20.6 Å². The lowest BCUT2D eigenvalue weighted by Gasteiger charge is -2.34. The van der Waals surface area contributed by atoms with Gasteiger partial charge in [-0.25, -0.2) is 23.5 Å². The first-order valence-corrected chi connectivity index (χ1v) is 12.7. The van der Waals surface area contributed by atoms with Gasteiger partial charge in [-0.15, -0.1) is 0 Å². The number of hydrogen-bond donors (Lipinski definition) is 2. The van der Waals surface area contributed by atoms with Gasteiger partial charge in [-0.1, -0.05) is 18.2 Å². The number of anilines is 1. The summed E-state index contributed by atoms with van der Waals surface area (Å²) in [7, 11) is 1.61. The van der Waals surface area contributed by atoms with Gasteiger partial charge in [0.25, 0.3) is 0 Å². The first-order valence-electron chi connectivity index (χ1n) is 12.7. The Morgan fingerprint density at radius 1 is 1.19 bits per heavy atom. The molecule has 3 aromatic rings. The van der Waals surface area contributed by atoms with Crippen molar-refractivity contribution < 1.29 is 18.3 Å². The van der Waals surface area contributed by atoms with Gasteiger partial charge in [0.15, 0.2) is 17.4 Å². The van der Waals surface area contributed by atoms with E-state index in [1.54, 1.807) is 13.1 Å². The molecule has 0 radical (unpaired) electrons. The average Bonchev–Trinajstić information content (AvgIpc) is 2.89. The number of rotatable bonds is 5. The maximum atomic E-state index is 15.0. The molecule has 2 amide bonds. The minimum absolute atomic E-state index is 0.0713. The number of urea groups is 1. The van der Waals surface area contributed by atoms with E-state index in [0.717, 1.165) is 31.0 Å². The first-order chi connectivity index (χ1) is 17.8. The lowest BCUT2D eigenvalue weighted by atomic mass is 9.87. The predicted molar refractivity (Wildman–Crippen MR) is 138 cm³/mol. The lowest BCUT2D eigenvalue weighted by molar-refractivity contribution is 0.237. The average molecular weight is 508 g/mol. The minimum Gasteiger partial charge on any atom is -0.486 e. The Morgan fingerprint density at radius 2 is 2.03 bits per heavy atom. The summed E-state index contributed by atoms with van der Waals surface area (Å²) in [5.74, 6) is -0.478. The number of aryl methyl sites for hydroxylation is 1. The number of aromatic nitrogens is 2. The van der Waals surface area contributed by atoms with Crippen molar-refractivity contribution in [2.75, 3.05) is 25.1 Å². The van der Waals surface area contributed by atoms with E-state index in [9.17, 15) is 13.6 Å². The van der Waals surface area contributed by atoms with E-state index in [1.807, 2.05) is 24.8 Å². The fraction of sp³-hybridized carbons (Fsp3) is 0.393. The van der Waals surface area contributed by atoms with E-state index in [2.05, 4.69) is 32.7 Å². The minimum atomic E-state index is -0.601. The third-order valence-electron chi connectivity index (χ3n) is 7.03. The fourth-order valence-electron chi connectivity index (χ4n) is 5.15. The molecule has 9 heteroatoms. The van der Waals surface area contributed by atoms with Gasteiger partial charge in [-0.3, -0.25) is 0 Å². The quantitative estimate of drug-likeness (QED) is 0.535. The Hall–Kier alpha value is -3.75. The molecule has 2 aromatic carbocycles. The van der Waals surface area contributed by atoms with Crippen molar-refractivity contribution in [1.29, 1.82) is 0 Å². The molecule has 7 nitrogen and oxygen atoms in total. The normalized spacial score (nSPS) is 16.6. The molecule has 5 rings (SSSR count). The Kier molecular flexibility index (Phi) is 6.95. The van der Waals surface area contributed by atoms with Gasteiger partial charge in [-0.2, -0.15) is 0 Å². The molecule has 0 bridgehead atoms. The summed E-state index contributed by atoms with van der Waals surface area (Å²) < 4.78 is 35.4. The van der Waals surface area contributed by atoms with Crippen LogP contribution < -0.4 is 20.3 Å². The highest BCUT2D eigenvalue weighted by Crippen LogP contribution is 2.39. The van der Waals surface area contributed by atoms with Gasteiger partial charge in [0, 0.05) is 31.1 Å². The van der Waals surface area contributed by atoms with Crippen LogP contribution in [0.3, 0.4) is 0 Å². The van der Waals surface area contributed by atoms with Crippen LogP contribution in [-0.2, 0) is 19.3 Å². The molecule has 194 valence electrons. The number of carbonyl (C=O) groups is 1. The van der Waals surface area contributed by atoms with Crippen LogP contribution >= 0.6 is 0 Å². The maximum absolute atomic E-state index is 15.0.